The van der Waals surface area contributed by atoms with E-state index in [4.69, 9.17) is 9.47 Å². The maximum Gasteiger partial charge on any atom is 0.323 e. The molecule has 1 aromatic rings. The van der Waals surface area contributed by atoms with Crippen molar-refractivity contribution >= 4 is 11.9 Å². The second-order valence-electron chi connectivity index (χ2n) is 7.19. The molecule has 0 aliphatic rings. The number of hydrogen-bond acceptors (Lipinski definition) is 4. The van der Waals surface area contributed by atoms with Crippen LogP contribution in [0.3, 0.4) is 0 Å². The molecule has 0 amide bonds. The van der Waals surface area contributed by atoms with Gasteiger partial charge in [-0.1, -0.05) is 89.6 Å². The fourth-order valence-corrected chi connectivity index (χ4v) is 3.09. The van der Waals surface area contributed by atoms with Crippen LogP contribution in [0.2, 0.25) is 0 Å². The summed E-state index contributed by atoms with van der Waals surface area (Å²) < 4.78 is 11.1. The molecular formula is C23H36O4. The van der Waals surface area contributed by atoms with Crippen LogP contribution in [0.4, 0.5) is 0 Å². The van der Waals surface area contributed by atoms with Gasteiger partial charge in [0, 0.05) is 0 Å². The standard InChI is InChI=1S/C23H36O4/c1-4-7-13-18-26-21(24)23(16-8-5-2,17-9-6-3)22(25)27-19-20-14-11-10-12-15-20/h10-12,14-15H,4-9,13,16-19H2,1-3H3. The topological polar surface area (TPSA) is 52.6 Å². The number of esters is 2. The average Bonchev–Trinajstić information content (AvgIpc) is 2.70. The van der Waals surface area contributed by atoms with E-state index in [-0.39, 0.29) is 6.61 Å². The fraction of sp³-hybridized carbons (Fsp3) is 0.652. The molecule has 27 heavy (non-hydrogen) atoms. The monoisotopic (exact) mass is 376 g/mol. The van der Waals surface area contributed by atoms with E-state index >= 15 is 0 Å². The van der Waals surface area contributed by atoms with Crippen molar-refractivity contribution in [1.29, 1.82) is 0 Å². The minimum atomic E-state index is -1.17. The lowest BCUT2D eigenvalue weighted by atomic mass is 9.78. The first-order valence-corrected chi connectivity index (χ1v) is 10.5. The molecule has 0 atom stereocenters. The molecule has 1 aromatic carbocycles. The highest BCUT2D eigenvalue weighted by Crippen LogP contribution is 2.35. The molecule has 0 aromatic heterocycles. The molecule has 0 unspecified atom stereocenters. The van der Waals surface area contributed by atoms with Crippen LogP contribution in [0.5, 0.6) is 0 Å². The molecule has 0 fully saturated rings. The molecule has 4 heteroatoms. The number of hydrogen-bond donors (Lipinski definition) is 0. The summed E-state index contributed by atoms with van der Waals surface area (Å²) in [5.74, 6) is -0.840. The molecule has 0 saturated carbocycles. The van der Waals surface area contributed by atoms with Gasteiger partial charge in [-0.05, 0) is 24.8 Å². The zero-order valence-electron chi connectivity index (χ0n) is 17.3. The van der Waals surface area contributed by atoms with Crippen molar-refractivity contribution in [2.45, 2.75) is 85.2 Å². The van der Waals surface area contributed by atoms with Crippen LogP contribution in [0.15, 0.2) is 30.3 Å². The van der Waals surface area contributed by atoms with Gasteiger partial charge in [0.2, 0.25) is 0 Å². The molecule has 1 rings (SSSR count). The van der Waals surface area contributed by atoms with Crippen LogP contribution < -0.4 is 0 Å². The minimum Gasteiger partial charge on any atom is -0.465 e. The van der Waals surface area contributed by atoms with Crippen molar-refractivity contribution in [2.24, 2.45) is 5.41 Å². The highest BCUT2D eigenvalue weighted by Gasteiger charge is 2.47. The normalized spacial score (nSPS) is 11.2. The highest BCUT2D eigenvalue weighted by molar-refractivity contribution is 6.00. The van der Waals surface area contributed by atoms with E-state index in [1.807, 2.05) is 30.3 Å². The summed E-state index contributed by atoms with van der Waals surface area (Å²) in [6.45, 7) is 6.79. The van der Waals surface area contributed by atoms with E-state index in [1.54, 1.807) is 0 Å². The highest BCUT2D eigenvalue weighted by atomic mass is 16.6. The van der Waals surface area contributed by atoms with E-state index in [2.05, 4.69) is 20.8 Å². The summed E-state index contributed by atoms with van der Waals surface area (Å²) in [5.41, 5.74) is -0.255. The van der Waals surface area contributed by atoms with Crippen molar-refractivity contribution in [3.05, 3.63) is 35.9 Å². The lowest BCUT2D eigenvalue weighted by molar-refractivity contribution is -0.175. The number of unbranched alkanes of at least 4 members (excludes halogenated alkanes) is 4. The molecule has 152 valence electrons. The lowest BCUT2D eigenvalue weighted by Gasteiger charge is -2.29. The third-order valence-corrected chi connectivity index (χ3v) is 4.89. The van der Waals surface area contributed by atoms with Gasteiger partial charge in [0.25, 0.3) is 0 Å². The first-order chi connectivity index (χ1) is 13.1. The van der Waals surface area contributed by atoms with Gasteiger partial charge in [-0.25, -0.2) is 0 Å². The first-order valence-electron chi connectivity index (χ1n) is 10.5. The van der Waals surface area contributed by atoms with Crippen LogP contribution in [-0.2, 0) is 25.7 Å². The van der Waals surface area contributed by atoms with Gasteiger partial charge in [-0.3, -0.25) is 9.59 Å². The van der Waals surface area contributed by atoms with E-state index < -0.39 is 17.4 Å². The van der Waals surface area contributed by atoms with E-state index in [1.165, 1.54) is 0 Å². The SMILES string of the molecule is CCCCCOC(=O)C(CCCC)(CCCC)C(=O)OCc1ccccc1. The maximum absolute atomic E-state index is 13.1. The number of rotatable bonds is 14. The quantitative estimate of drug-likeness (QED) is 0.233. The van der Waals surface area contributed by atoms with Crippen molar-refractivity contribution in [3.63, 3.8) is 0 Å². The molecule has 0 heterocycles. The third kappa shape index (κ3) is 7.74. The zero-order chi connectivity index (χ0) is 20.0. The predicted octanol–water partition coefficient (Wildman–Crippen LogP) is 5.83. The summed E-state index contributed by atoms with van der Waals surface area (Å²) in [6.07, 6.45) is 7.33. The maximum atomic E-state index is 13.1. The van der Waals surface area contributed by atoms with Crippen LogP contribution in [-0.4, -0.2) is 18.5 Å². The summed E-state index contributed by atoms with van der Waals surface area (Å²) in [4.78, 5) is 26.0. The Hall–Kier alpha value is -1.84. The summed E-state index contributed by atoms with van der Waals surface area (Å²) in [6, 6.07) is 9.57. The Morgan fingerprint density at radius 2 is 1.33 bits per heavy atom. The summed E-state index contributed by atoms with van der Waals surface area (Å²) in [5, 5.41) is 0. The van der Waals surface area contributed by atoms with Gasteiger partial charge in [-0.2, -0.15) is 0 Å². The first kappa shape index (κ1) is 23.2. The number of ether oxygens (including phenoxy) is 2. The second kappa shape index (κ2) is 13.3. The molecule has 4 nitrogen and oxygen atoms in total. The van der Waals surface area contributed by atoms with Gasteiger partial charge < -0.3 is 9.47 Å². The number of benzene rings is 1. The molecule has 0 aliphatic heterocycles. The Morgan fingerprint density at radius 1 is 0.778 bits per heavy atom. The van der Waals surface area contributed by atoms with Gasteiger partial charge >= 0.3 is 11.9 Å². The smallest absolute Gasteiger partial charge is 0.323 e. The molecule has 0 bridgehead atoms. The largest absolute Gasteiger partial charge is 0.465 e. The van der Waals surface area contributed by atoms with Gasteiger partial charge in [-0.15, -0.1) is 0 Å². The predicted molar refractivity (Wildman–Crippen MR) is 108 cm³/mol. The van der Waals surface area contributed by atoms with Crippen LogP contribution in [0.25, 0.3) is 0 Å². The molecular weight excluding hydrogens is 340 g/mol. The van der Waals surface area contributed by atoms with Crippen LogP contribution in [0, 0.1) is 5.41 Å². The molecule has 0 saturated heterocycles. The van der Waals surface area contributed by atoms with Gasteiger partial charge in [0.15, 0.2) is 5.41 Å². The van der Waals surface area contributed by atoms with Crippen molar-refractivity contribution in [3.8, 4) is 0 Å². The fourth-order valence-electron chi connectivity index (χ4n) is 3.09. The van der Waals surface area contributed by atoms with Crippen LogP contribution in [0.1, 0.15) is 84.1 Å². The van der Waals surface area contributed by atoms with Gasteiger partial charge in [0.1, 0.15) is 6.61 Å². The van der Waals surface area contributed by atoms with Crippen LogP contribution >= 0.6 is 0 Å². The van der Waals surface area contributed by atoms with Gasteiger partial charge in [0.05, 0.1) is 6.61 Å². The molecule has 0 radical (unpaired) electrons. The van der Waals surface area contributed by atoms with E-state index in [9.17, 15) is 9.59 Å². The Labute approximate surface area is 164 Å². The lowest BCUT2D eigenvalue weighted by Crippen LogP contribution is -2.42. The van der Waals surface area contributed by atoms with Crippen molar-refractivity contribution < 1.29 is 19.1 Å². The van der Waals surface area contributed by atoms with E-state index in [0.717, 1.165) is 50.5 Å². The Kier molecular flexibility index (Phi) is 11.5. The van der Waals surface area contributed by atoms with Crippen molar-refractivity contribution in [1.82, 2.24) is 0 Å². The third-order valence-electron chi connectivity index (χ3n) is 4.89. The van der Waals surface area contributed by atoms with Crippen molar-refractivity contribution in [2.75, 3.05) is 6.61 Å². The second-order valence-corrected chi connectivity index (χ2v) is 7.19. The number of carbonyl (C=O) groups excluding carboxylic acids is 2. The minimum absolute atomic E-state index is 0.183. The molecule has 0 spiro atoms. The van der Waals surface area contributed by atoms with E-state index in [0.29, 0.717) is 19.4 Å². The zero-order valence-corrected chi connectivity index (χ0v) is 17.3. The molecule has 0 N–H and O–H groups in total. The Balaban J connectivity index is 2.89. The average molecular weight is 377 g/mol. The molecule has 0 aliphatic carbocycles. The summed E-state index contributed by atoms with van der Waals surface area (Å²) >= 11 is 0. The Morgan fingerprint density at radius 3 is 1.89 bits per heavy atom. The number of carbonyl (C=O) groups is 2. The summed E-state index contributed by atoms with van der Waals surface area (Å²) in [7, 11) is 0. The Bertz CT molecular complexity index is 531.